The number of nitrogens with zero attached hydrogens (tertiary/aromatic N) is 1. The van der Waals surface area contributed by atoms with Crippen molar-refractivity contribution in [2.24, 2.45) is 0 Å². The number of unbranched alkanes of at least 4 members (excludes halogenated alkanes) is 1. The van der Waals surface area contributed by atoms with Crippen LogP contribution in [0.15, 0.2) is 18.2 Å². The van der Waals surface area contributed by atoms with Gasteiger partial charge in [0.1, 0.15) is 5.75 Å². The summed E-state index contributed by atoms with van der Waals surface area (Å²) in [7, 11) is 1.77. The number of aliphatic hydroxyl groups is 1. The van der Waals surface area contributed by atoms with Crippen molar-refractivity contribution in [3.63, 3.8) is 0 Å². The van der Waals surface area contributed by atoms with Gasteiger partial charge in [0.25, 0.3) is 0 Å². The lowest BCUT2D eigenvalue weighted by Crippen LogP contribution is -2.49. The minimum atomic E-state index is -0.262. The highest BCUT2D eigenvalue weighted by Crippen LogP contribution is 2.26. The van der Waals surface area contributed by atoms with Crippen molar-refractivity contribution in [2.45, 2.75) is 51.7 Å². The van der Waals surface area contributed by atoms with Crippen LogP contribution >= 0.6 is 0 Å². The predicted molar refractivity (Wildman–Crippen MR) is 87.4 cm³/mol. The SMILES string of the molecule is CCCCOc1ccc(NC(=O)N(C)C2CC(O)C2)c(C)c1. The maximum atomic E-state index is 12.2. The average molecular weight is 306 g/mol. The molecule has 0 heterocycles. The van der Waals surface area contributed by atoms with Gasteiger partial charge in [-0.05, 0) is 49.9 Å². The third kappa shape index (κ3) is 4.13. The van der Waals surface area contributed by atoms with Gasteiger partial charge in [-0.15, -0.1) is 0 Å². The Morgan fingerprint density at radius 1 is 1.45 bits per heavy atom. The lowest BCUT2D eigenvalue weighted by Gasteiger charge is -2.38. The lowest BCUT2D eigenvalue weighted by molar-refractivity contribution is 0.0282. The minimum Gasteiger partial charge on any atom is -0.494 e. The van der Waals surface area contributed by atoms with Crippen LogP contribution in [0.3, 0.4) is 0 Å². The smallest absolute Gasteiger partial charge is 0.321 e. The van der Waals surface area contributed by atoms with E-state index in [-0.39, 0.29) is 18.2 Å². The van der Waals surface area contributed by atoms with Gasteiger partial charge in [-0.2, -0.15) is 0 Å². The van der Waals surface area contributed by atoms with E-state index in [4.69, 9.17) is 4.74 Å². The molecule has 0 aromatic heterocycles. The molecule has 1 saturated carbocycles. The molecule has 1 aliphatic carbocycles. The van der Waals surface area contributed by atoms with E-state index < -0.39 is 0 Å². The highest BCUT2D eigenvalue weighted by Gasteiger charge is 2.32. The molecule has 1 aromatic rings. The maximum absolute atomic E-state index is 12.2. The van der Waals surface area contributed by atoms with Crippen molar-refractivity contribution in [2.75, 3.05) is 19.0 Å². The molecule has 2 rings (SSSR count). The molecule has 0 unspecified atom stereocenters. The Labute approximate surface area is 132 Å². The first kappa shape index (κ1) is 16.6. The molecule has 22 heavy (non-hydrogen) atoms. The summed E-state index contributed by atoms with van der Waals surface area (Å²) in [5.74, 6) is 0.833. The molecule has 2 N–H and O–H groups in total. The number of urea groups is 1. The standard InChI is InChI=1S/C17H26N2O3/c1-4-5-8-22-15-6-7-16(12(2)9-15)18-17(21)19(3)13-10-14(20)11-13/h6-7,9,13-14,20H,4-5,8,10-11H2,1-3H3,(H,18,21). The first-order valence-corrected chi connectivity index (χ1v) is 7.96. The number of carbonyl (C=O) groups excluding carboxylic acids is 1. The van der Waals surface area contributed by atoms with Crippen molar-refractivity contribution in [1.29, 1.82) is 0 Å². The Morgan fingerprint density at radius 2 is 2.18 bits per heavy atom. The molecule has 0 bridgehead atoms. The Morgan fingerprint density at radius 3 is 2.77 bits per heavy atom. The Bertz CT molecular complexity index is 513. The number of ether oxygens (including phenoxy) is 1. The second-order valence-corrected chi connectivity index (χ2v) is 6.00. The van der Waals surface area contributed by atoms with Crippen LogP contribution in [0.5, 0.6) is 5.75 Å². The van der Waals surface area contributed by atoms with Gasteiger partial charge in [0, 0.05) is 18.8 Å². The van der Waals surface area contributed by atoms with Crippen LogP contribution in [-0.4, -0.2) is 41.8 Å². The monoisotopic (exact) mass is 306 g/mol. The minimum absolute atomic E-state index is 0.131. The van der Waals surface area contributed by atoms with Crippen LogP contribution in [0.2, 0.25) is 0 Å². The third-order valence-corrected chi connectivity index (χ3v) is 4.16. The van der Waals surface area contributed by atoms with E-state index in [1.165, 1.54) is 0 Å². The van der Waals surface area contributed by atoms with Crippen molar-refractivity contribution in [3.8, 4) is 5.75 Å². The summed E-state index contributed by atoms with van der Waals surface area (Å²) >= 11 is 0. The van der Waals surface area contributed by atoms with E-state index >= 15 is 0 Å². The number of aliphatic hydroxyl groups excluding tert-OH is 1. The van der Waals surface area contributed by atoms with Gasteiger partial charge in [-0.1, -0.05) is 13.3 Å². The fourth-order valence-corrected chi connectivity index (χ4v) is 2.45. The third-order valence-electron chi connectivity index (χ3n) is 4.16. The van der Waals surface area contributed by atoms with E-state index in [1.54, 1.807) is 11.9 Å². The largest absolute Gasteiger partial charge is 0.494 e. The second-order valence-electron chi connectivity index (χ2n) is 6.00. The summed E-state index contributed by atoms with van der Waals surface area (Å²) in [5, 5.41) is 12.2. The van der Waals surface area contributed by atoms with Gasteiger partial charge in [0.05, 0.1) is 12.7 Å². The molecule has 1 aliphatic rings. The molecule has 2 amide bonds. The molecule has 0 atom stereocenters. The molecule has 0 saturated heterocycles. The van der Waals surface area contributed by atoms with Crippen molar-refractivity contribution in [1.82, 2.24) is 4.90 Å². The summed E-state index contributed by atoms with van der Waals surface area (Å²) in [6, 6.07) is 5.69. The van der Waals surface area contributed by atoms with Gasteiger partial charge in [-0.3, -0.25) is 0 Å². The molecule has 0 aliphatic heterocycles. The average Bonchev–Trinajstić information content (AvgIpc) is 2.46. The van der Waals surface area contributed by atoms with Crippen LogP contribution in [-0.2, 0) is 0 Å². The van der Waals surface area contributed by atoms with E-state index in [0.717, 1.165) is 29.8 Å². The quantitative estimate of drug-likeness (QED) is 0.794. The summed E-state index contributed by atoms with van der Waals surface area (Å²) in [6.07, 6.45) is 3.20. The van der Waals surface area contributed by atoms with Crippen molar-refractivity contribution >= 4 is 11.7 Å². The number of nitrogens with one attached hydrogen (secondary N) is 1. The molecule has 5 heteroatoms. The maximum Gasteiger partial charge on any atom is 0.321 e. The predicted octanol–water partition coefficient (Wildman–Crippen LogP) is 3.16. The highest BCUT2D eigenvalue weighted by atomic mass is 16.5. The summed E-state index contributed by atoms with van der Waals surface area (Å²) in [4.78, 5) is 13.9. The summed E-state index contributed by atoms with van der Waals surface area (Å²) < 4.78 is 5.66. The molecule has 0 spiro atoms. The molecular weight excluding hydrogens is 280 g/mol. The number of anilines is 1. The summed E-state index contributed by atoms with van der Waals surface area (Å²) in [5.41, 5.74) is 1.77. The Balaban J connectivity index is 1.90. The number of hydrogen-bond acceptors (Lipinski definition) is 3. The number of rotatable bonds is 6. The first-order chi connectivity index (χ1) is 10.5. The lowest BCUT2D eigenvalue weighted by atomic mass is 9.88. The van der Waals surface area contributed by atoms with E-state index in [2.05, 4.69) is 12.2 Å². The molecular formula is C17H26N2O3. The molecule has 122 valence electrons. The second kappa shape index (κ2) is 7.49. The highest BCUT2D eigenvalue weighted by molar-refractivity contribution is 5.90. The fourth-order valence-electron chi connectivity index (χ4n) is 2.45. The zero-order valence-corrected chi connectivity index (χ0v) is 13.6. The molecule has 1 aromatic carbocycles. The van der Waals surface area contributed by atoms with Crippen LogP contribution < -0.4 is 10.1 Å². The van der Waals surface area contributed by atoms with E-state index in [0.29, 0.717) is 19.4 Å². The number of carbonyl (C=O) groups is 1. The van der Waals surface area contributed by atoms with Gasteiger partial charge in [0.15, 0.2) is 0 Å². The number of benzene rings is 1. The fraction of sp³-hybridized carbons (Fsp3) is 0.588. The van der Waals surface area contributed by atoms with Gasteiger partial charge < -0.3 is 20.1 Å². The number of aryl methyl sites for hydroxylation is 1. The van der Waals surface area contributed by atoms with Gasteiger partial charge >= 0.3 is 6.03 Å². The van der Waals surface area contributed by atoms with Crippen LogP contribution in [0.25, 0.3) is 0 Å². The Kier molecular flexibility index (Phi) is 5.66. The normalized spacial score (nSPS) is 20.2. The summed E-state index contributed by atoms with van der Waals surface area (Å²) in [6.45, 7) is 4.80. The zero-order chi connectivity index (χ0) is 16.1. The molecule has 0 radical (unpaired) electrons. The zero-order valence-electron chi connectivity index (χ0n) is 13.6. The number of amides is 2. The van der Waals surface area contributed by atoms with E-state index in [1.807, 2.05) is 25.1 Å². The van der Waals surface area contributed by atoms with Crippen molar-refractivity contribution in [3.05, 3.63) is 23.8 Å². The Hall–Kier alpha value is -1.75. The van der Waals surface area contributed by atoms with Crippen LogP contribution in [0, 0.1) is 6.92 Å². The molecule has 5 nitrogen and oxygen atoms in total. The van der Waals surface area contributed by atoms with Gasteiger partial charge in [-0.25, -0.2) is 4.79 Å². The van der Waals surface area contributed by atoms with Crippen LogP contribution in [0.1, 0.15) is 38.2 Å². The number of hydrogen-bond donors (Lipinski definition) is 2. The van der Waals surface area contributed by atoms with Gasteiger partial charge in [0.2, 0.25) is 0 Å². The van der Waals surface area contributed by atoms with E-state index in [9.17, 15) is 9.90 Å². The topological polar surface area (TPSA) is 61.8 Å². The van der Waals surface area contributed by atoms with Crippen LogP contribution in [0.4, 0.5) is 10.5 Å². The molecule has 1 fully saturated rings. The first-order valence-electron chi connectivity index (χ1n) is 7.96. The van der Waals surface area contributed by atoms with Crippen molar-refractivity contribution < 1.29 is 14.6 Å².